The molecule has 0 spiro atoms. The fraction of sp³-hybridized carbons (Fsp3) is 0.357. The van der Waals surface area contributed by atoms with Crippen LogP contribution >= 0.6 is 0 Å². The molecule has 1 saturated carbocycles. The number of carbonyl (C=O) groups is 1. The highest BCUT2D eigenvalue weighted by Gasteiger charge is 2.51. The predicted octanol–water partition coefficient (Wildman–Crippen LogP) is 2.85. The fourth-order valence-electron chi connectivity index (χ4n) is 1.94. The van der Waals surface area contributed by atoms with Crippen LogP contribution in [0.3, 0.4) is 0 Å². The van der Waals surface area contributed by atoms with Crippen LogP contribution in [-0.2, 0) is 10.2 Å². The minimum Gasteiger partial charge on any atom is -0.481 e. The lowest BCUT2D eigenvalue weighted by Gasteiger charge is -2.09. The second-order valence-corrected chi connectivity index (χ2v) is 4.47. The van der Waals surface area contributed by atoms with Gasteiger partial charge >= 0.3 is 5.97 Å². The molecule has 0 saturated heterocycles. The van der Waals surface area contributed by atoms with Gasteiger partial charge in [0.15, 0.2) is 0 Å². The van der Waals surface area contributed by atoms with Crippen LogP contribution in [0.4, 0.5) is 0 Å². The second-order valence-electron chi connectivity index (χ2n) is 4.47. The van der Waals surface area contributed by atoms with Gasteiger partial charge in [0.2, 0.25) is 0 Å². The van der Waals surface area contributed by atoms with Crippen molar-refractivity contribution >= 4 is 5.97 Å². The summed E-state index contributed by atoms with van der Waals surface area (Å²) in [7, 11) is 0. The van der Waals surface area contributed by atoms with E-state index < -0.39 is 11.4 Å². The second kappa shape index (κ2) is 5.47. The molecule has 1 aliphatic carbocycles. The van der Waals surface area contributed by atoms with E-state index in [2.05, 4.69) is 21.9 Å². The van der Waals surface area contributed by atoms with Gasteiger partial charge in [0, 0.05) is 23.4 Å². The minimum atomic E-state index is -0.749. The SMILES string of the molecule is [N-]=[N+]=NCCC#Cc1ccc(C2(C(=O)O)CC2)cc1. The third kappa shape index (κ3) is 2.87. The Balaban J connectivity index is 2.03. The van der Waals surface area contributed by atoms with Gasteiger partial charge in [0.1, 0.15) is 0 Å². The van der Waals surface area contributed by atoms with Gasteiger partial charge in [-0.3, -0.25) is 4.79 Å². The number of hydrogen-bond donors (Lipinski definition) is 1. The molecule has 0 aliphatic heterocycles. The van der Waals surface area contributed by atoms with Gasteiger partial charge in [-0.1, -0.05) is 29.1 Å². The van der Waals surface area contributed by atoms with Crippen LogP contribution in [0.1, 0.15) is 30.4 Å². The zero-order valence-corrected chi connectivity index (χ0v) is 10.3. The standard InChI is InChI=1S/C14H13N3O2/c15-17-16-10-2-1-3-11-4-6-12(7-5-11)14(8-9-14)13(18)19/h4-7H,2,8-10H2,(H,18,19). The minimum absolute atomic E-state index is 0.365. The molecule has 0 bridgehead atoms. The highest BCUT2D eigenvalue weighted by Crippen LogP contribution is 2.48. The van der Waals surface area contributed by atoms with Gasteiger partial charge in [-0.25, -0.2) is 0 Å². The Morgan fingerprint density at radius 2 is 2.11 bits per heavy atom. The quantitative estimate of drug-likeness (QED) is 0.295. The Kier molecular flexibility index (Phi) is 3.74. The largest absolute Gasteiger partial charge is 0.481 e. The average molecular weight is 255 g/mol. The molecule has 0 amide bonds. The third-order valence-electron chi connectivity index (χ3n) is 3.23. The summed E-state index contributed by atoms with van der Waals surface area (Å²) in [6, 6.07) is 7.33. The highest BCUT2D eigenvalue weighted by atomic mass is 16.4. The van der Waals surface area contributed by atoms with Gasteiger partial charge in [-0.15, -0.1) is 0 Å². The van der Waals surface area contributed by atoms with E-state index in [1.807, 2.05) is 24.3 Å². The normalized spacial score (nSPS) is 14.7. The lowest BCUT2D eigenvalue weighted by atomic mass is 9.95. The Morgan fingerprint density at radius 1 is 1.42 bits per heavy atom. The van der Waals surface area contributed by atoms with Crippen molar-refractivity contribution in [1.29, 1.82) is 0 Å². The summed E-state index contributed by atoms with van der Waals surface area (Å²) >= 11 is 0. The van der Waals surface area contributed by atoms with Gasteiger partial charge in [0.05, 0.1) is 5.41 Å². The number of hydrogen-bond acceptors (Lipinski definition) is 2. The van der Waals surface area contributed by atoms with E-state index >= 15 is 0 Å². The van der Waals surface area contributed by atoms with Crippen molar-refractivity contribution in [3.05, 3.63) is 45.8 Å². The van der Waals surface area contributed by atoms with Gasteiger partial charge in [-0.05, 0) is 36.1 Å². The molecular weight excluding hydrogens is 242 g/mol. The molecule has 0 radical (unpaired) electrons. The molecule has 1 N–H and O–H groups in total. The number of aliphatic carboxylic acids is 1. The molecule has 1 aromatic carbocycles. The van der Waals surface area contributed by atoms with Gasteiger partial charge in [-0.2, -0.15) is 0 Å². The molecule has 1 fully saturated rings. The van der Waals surface area contributed by atoms with E-state index in [1.54, 1.807) is 0 Å². The molecule has 2 rings (SSSR count). The summed E-state index contributed by atoms with van der Waals surface area (Å²) in [5.41, 5.74) is 9.13. The molecule has 19 heavy (non-hydrogen) atoms. The van der Waals surface area contributed by atoms with Crippen LogP contribution in [-0.4, -0.2) is 17.6 Å². The summed E-state index contributed by atoms with van der Waals surface area (Å²) in [5.74, 6) is 5.10. The topological polar surface area (TPSA) is 86.1 Å². The van der Waals surface area contributed by atoms with Crippen LogP contribution in [0.5, 0.6) is 0 Å². The van der Waals surface area contributed by atoms with Crippen LogP contribution in [0.2, 0.25) is 0 Å². The number of carboxylic acids is 1. The van der Waals surface area contributed by atoms with Crippen LogP contribution < -0.4 is 0 Å². The maximum absolute atomic E-state index is 11.2. The Labute approximate surface area is 110 Å². The zero-order chi connectivity index (χ0) is 13.7. The Bertz CT molecular complexity index is 585. The fourth-order valence-corrected chi connectivity index (χ4v) is 1.94. The first-order valence-corrected chi connectivity index (χ1v) is 6.03. The number of azide groups is 1. The monoisotopic (exact) mass is 255 g/mol. The summed E-state index contributed by atoms with van der Waals surface area (Å²) in [4.78, 5) is 13.8. The van der Waals surface area contributed by atoms with Crippen molar-refractivity contribution in [2.24, 2.45) is 5.11 Å². The summed E-state index contributed by atoms with van der Waals surface area (Å²) in [5, 5.41) is 12.6. The van der Waals surface area contributed by atoms with Crippen LogP contribution in [0.25, 0.3) is 10.4 Å². The summed E-state index contributed by atoms with van der Waals surface area (Å²) in [6.07, 6.45) is 1.93. The molecule has 0 unspecified atom stereocenters. The molecular formula is C14H13N3O2. The van der Waals surface area contributed by atoms with Crippen molar-refractivity contribution in [2.75, 3.05) is 6.54 Å². The lowest BCUT2D eigenvalue weighted by molar-refractivity contribution is -0.140. The highest BCUT2D eigenvalue weighted by molar-refractivity contribution is 5.84. The van der Waals surface area contributed by atoms with Crippen molar-refractivity contribution in [1.82, 2.24) is 0 Å². The van der Waals surface area contributed by atoms with Crippen molar-refractivity contribution in [3.63, 3.8) is 0 Å². The molecule has 5 heteroatoms. The number of rotatable bonds is 4. The smallest absolute Gasteiger partial charge is 0.314 e. The Hall–Kier alpha value is -2.44. The summed E-state index contributed by atoms with van der Waals surface area (Å²) in [6.45, 7) is 0.365. The van der Waals surface area contributed by atoms with Crippen LogP contribution in [0.15, 0.2) is 29.4 Å². The third-order valence-corrected chi connectivity index (χ3v) is 3.23. The molecule has 96 valence electrons. The summed E-state index contributed by atoms with van der Waals surface area (Å²) < 4.78 is 0. The van der Waals surface area contributed by atoms with E-state index in [0.717, 1.165) is 11.1 Å². The van der Waals surface area contributed by atoms with Crippen LogP contribution in [0, 0.1) is 11.8 Å². The molecule has 5 nitrogen and oxygen atoms in total. The van der Waals surface area contributed by atoms with Crippen molar-refractivity contribution in [3.8, 4) is 11.8 Å². The first-order valence-electron chi connectivity index (χ1n) is 6.03. The first kappa shape index (κ1) is 13.0. The predicted molar refractivity (Wildman–Crippen MR) is 70.5 cm³/mol. The number of benzene rings is 1. The molecule has 0 aromatic heterocycles. The van der Waals surface area contributed by atoms with E-state index in [9.17, 15) is 9.90 Å². The maximum Gasteiger partial charge on any atom is 0.314 e. The van der Waals surface area contributed by atoms with E-state index in [-0.39, 0.29) is 0 Å². The molecule has 0 atom stereocenters. The zero-order valence-electron chi connectivity index (χ0n) is 10.3. The molecule has 0 heterocycles. The number of nitrogens with zero attached hydrogens (tertiary/aromatic N) is 3. The van der Waals surface area contributed by atoms with E-state index in [0.29, 0.717) is 25.8 Å². The van der Waals surface area contributed by atoms with E-state index in [4.69, 9.17) is 5.53 Å². The average Bonchev–Trinajstić information content (AvgIpc) is 3.21. The van der Waals surface area contributed by atoms with Crippen molar-refractivity contribution < 1.29 is 9.90 Å². The molecule has 1 aliphatic rings. The van der Waals surface area contributed by atoms with Gasteiger partial charge < -0.3 is 5.11 Å². The first-order chi connectivity index (χ1) is 9.19. The molecule has 1 aromatic rings. The van der Waals surface area contributed by atoms with Crippen molar-refractivity contribution in [2.45, 2.75) is 24.7 Å². The Morgan fingerprint density at radius 3 is 2.63 bits per heavy atom. The van der Waals surface area contributed by atoms with E-state index in [1.165, 1.54) is 0 Å². The maximum atomic E-state index is 11.2. The number of carboxylic acid groups (broad SMARTS) is 1. The lowest BCUT2D eigenvalue weighted by Crippen LogP contribution is -2.19. The van der Waals surface area contributed by atoms with Gasteiger partial charge in [0.25, 0.3) is 0 Å².